The molecule has 0 bridgehead atoms. The molecule has 2 aromatic rings. The topological polar surface area (TPSA) is 76.7 Å². The van der Waals surface area contributed by atoms with E-state index in [1.807, 2.05) is 31.2 Å². The Morgan fingerprint density at radius 2 is 2.10 bits per heavy atom. The molecule has 6 nitrogen and oxygen atoms in total. The van der Waals surface area contributed by atoms with Crippen LogP contribution in [-0.2, 0) is 25.5 Å². The summed E-state index contributed by atoms with van der Waals surface area (Å²) in [6.45, 7) is 2.80. The summed E-state index contributed by atoms with van der Waals surface area (Å²) >= 11 is 0. The lowest BCUT2D eigenvalue weighted by Gasteiger charge is -2.37. The number of hydrogen-bond donors (Lipinski definition) is 2. The molecule has 0 saturated carbocycles. The zero-order chi connectivity index (χ0) is 22.0. The summed E-state index contributed by atoms with van der Waals surface area (Å²) in [5, 5.41) is 6.31. The van der Waals surface area contributed by atoms with E-state index in [1.165, 1.54) is 13.2 Å². The third-order valence-electron chi connectivity index (χ3n) is 5.97. The van der Waals surface area contributed by atoms with Crippen LogP contribution in [0.4, 0.5) is 10.1 Å². The van der Waals surface area contributed by atoms with Crippen LogP contribution in [0.1, 0.15) is 47.2 Å². The number of carbonyl (C=O) groups is 2. The highest BCUT2D eigenvalue weighted by atomic mass is 19.1. The minimum atomic E-state index is -0.354. The molecule has 164 valence electrons. The highest BCUT2D eigenvalue weighted by Gasteiger charge is 2.41. The number of hydrogen-bond acceptors (Lipinski definition) is 5. The maximum absolute atomic E-state index is 14.0. The number of nitrogens with one attached hydrogen (secondary N) is 2. The second kappa shape index (κ2) is 9.06. The van der Waals surface area contributed by atoms with E-state index >= 15 is 0 Å². The maximum Gasteiger partial charge on any atom is 0.307 e. The summed E-state index contributed by atoms with van der Waals surface area (Å²) in [6, 6.07) is 11.0. The maximum atomic E-state index is 14.0. The van der Waals surface area contributed by atoms with Crippen molar-refractivity contribution >= 4 is 17.6 Å². The van der Waals surface area contributed by atoms with Gasteiger partial charge in [0.05, 0.1) is 32.1 Å². The second-order valence-electron chi connectivity index (χ2n) is 8.20. The Bertz CT molecular complexity index is 973. The normalized spacial score (nSPS) is 21.6. The SMILES string of the molecule is COC(=O)CCNC(=O)Cc1ccc2c(c1)[C@@H]1OCC[C@@H]1[C@@H](c1cc(C)cc(F)c1)N2. The quantitative estimate of drug-likeness (QED) is 0.691. The molecule has 1 saturated heterocycles. The van der Waals surface area contributed by atoms with Crippen molar-refractivity contribution in [1.29, 1.82) is 0 Å². The average Bonchev–Trinajstić information content (AvgIpc) is 3.22. The van der Waals surface area contributed by atoms with Crippen molar-refractivity contribution in [3.63, 3.8) is 0 Å². The molecule has 31 heavy (non-hydrogen) atoms. The summed E-state index contributed by atoms with van der Waals surface area (Å²) in [5.74, 6) is -0.540. The van der Waals surface area contributed by atoms with Gasteiger partial charge < -0.3 is 20.1 Å². The van der Waals surface area contributed by atoms with Crippen molar-refractivity contribution in [2.24, 2.45) is 5.92 Å². The van der Waals surface area contributed by atoms with Crippen molar-refractivity contribution in [2.45, 2.75) is 38.3 Å². The molecule has 0 unspecified atom stereocenters. The fourth-order valence-corrected chi connectivity index (χ4v) is 4.56. The Hall–Kier alpha value is -2.93. The number of anilines is 1. The van der Waals surface area contributed by atoms with Gasteiger partial charge in [-0.2, -0.15) is 0 Å². The molecule has 2 aromatic carbocycles. The van der Waals surface area contributed by atoms with E-state index in [0.29, 0.717) is 6.61 Å². The summed E-state index contributed by atoms with van der Waals surface area (Å²) in [6.07, 6.45) is 1.16. The van der Waals surface area contributed by atoms with Gasteiger partial charge in [-0.05, 0) is 48.2 Å². The van der Waals surface area contributed by atoms with E-state index < -0.39 is 0 Å². The van der Waals surface area contributed by atoms with E-state index in [4.69, 9.17) is 4.74 Å². The smallest absolute Gasteiger partial charge is 0.307 e. The van der Waals surface area contributed by atoms with Gasteiger partial charge >= 0.3 is 5.97 Å². The van der Waals surface area contributed by atoms with E-state index in [-0.39, 0.29) is 55.1 Å². The van der Waals surface area contributed by atoms with E-state index in [1.54, 1.807) is 6.07 Å². The Morgan fingerprint density at radius 1 is 1.26 bits per heavy atom. The van der Waals surface area contributed by atoms with Crippen LogP contribution in [0, 0.1) is 18.7 Å². The molecule has 0 aromatic heterocycles. The average molecular weight is 426 g/mol. The molecule has 7 heteroatoms. The molecule has 4 rings (SSSR count). The van der Waals surface area contributed by atoms with Gasteiger partial charge in [-0.15, -0.1) is 0 Å². The summed E-state index contributed by atoms with van der Waals surface area (Å²) in [4.78, 5) is 23.4. The fraction of sp³-hybridized carbons (Fsp3) is 0.417. The van der Waals surface area contributed by atoms with Gasteiger partial charge in [0.1, 0.15) is 5.82 Å². The van der Waals surface area contributed by atoms with Crippen molar-refractivity contribution in [1.82, 2.24) is 5.32 Å². The zero-order valence-corrected chi connectivity index (χ0v) is 17.7. The molecular weight excluding hydrogens is 399 g/mol. The Kier molecular flexibility index (Phi) is 6.23. The molecule has 2 N–H and O–H groups in total. The minimum absolute atomic E-state index is 0.0260. The zero-order valence-electron chi connectivity index (χ0n) is 17.7. The first-order valence-corrected chi connectivity index (χ1v) is 10.6. The molecule has 0 spiro atoms. The number of halogens is 1. The van der Waals surface area contributed by atoms with E-state index in [0.717, 1.165) is 34.4 Å². The Morgan fingerprint density at radius 3 is 2.87 bits per heavy atom. The van der Waals surface area contributed by atoms with Crippen LogP contribution in [0.25, 0.3) is 0 Å². The van der Waals surface area contributed by atoms with Gasteiger partial charge in [0.15, 0.2) is 0 Å². The van der Waals surface area contributed by atoms with Crippen LogP contribution >= 0.6 is 0 Å². The highest BCUT2D eigenvalue weighted by molar-refractivity contribution is 5.79. The number of fused-ring (bicyclic) bond motifs is 3. The number of aryl methyl sites for hydroxylation is 1. The first-order valence-electron chi connectivity index (χ1n) is 10.6. The van der Waals surface area contributed by atoms with Gasteiger partial charge in [0, 0.05) is 30.3 Å². The van der Waals surface area contributed by atoms with Gasteiger partial charge in [0.2, 0.25) is 5.91 Å². The highest BCUT2D eigenvalue weighted by Crippen LogP contribution is 2.50. The van der Waals surface area contributed by atoms with Gasteiger partial charge in [-0.25, -0.2) is 4.39 Å². The molecule has 3 atom stereocenters. The van der Waals surface area contributed by atoms with Crippen molar-refractivity contribution in [3.8, 4) is 0 Å². The lowest BCUT2D eigenvalue weighted by Crippen LogP contribution is -2.30. The number of esters is 1. The molecule has 0 aliphatic carbocycles. The standard InChI is InChI=1S/C24H27FN2O4/c1-14-9-16(13-17(25)10-14)23-18-6-8-31-24(18)19-11-15(3-4-20(19)27-23)12-21(28)26-7-5-22(29)30-2/h3-4,9-11,13,18,23-24,27H,5-8,12H2,1-2H3,(H,26,28)/t18-,23-,24-/m1/s1. The van der Waals surface area contributed by atoms with Crippen LogP contribution in [0.3, 0.4) is 0 Å². The minimum Gasteiger partial charge on any atom is -0.469 e. The predicted molar refractivity (Wildman–Crippen MR) is 114 cm³/mol. The number of amides is 1. The monoisotopic (exact) mass is 426 g/mol. The third kappa shape index (κ3) is 4.71. The lowest BCUT2D eigenvalue weighted by atomic mass is 9.80. The summed E-state index contributed by atoms with van der Waals surface area (Å²) in [5.41, 5.74) is 4.69. The summed E-state index contributed by atoms with van der Waals surface area (Å²) < 4.78 is 24.7. The largest absolute Gasteiger partial charge is 0.469 e. The lowest BCUT2D eigenvalue weighted by molar-refractivity contribution is -0.140. The number of ether oxygens (including phenoxy) is 2. The fourth-order valence-electron chi connectivity index (χ4n) is 4.56. The molecule has 2 aliphatic rings. The molecule has 0 radical (unpaired) electrons. The van der Waals surface area contributed by atoms with Crippen molar-refractivity contribution < 1.29 is 23.5 Å². The van der Waals surface area contributed by atoms with Crippen LogP contribution in [-0.4, -0.2) is 32.1 Å². The number of carbonyl (C=O) groups excluding carboxylic acids is 2. The van der Waals surface area contributed by atoms with Crippen LogP contribution in [0.2, 0.25) is 0 Å². The molecule has 1 fully saturated rings. The molecular formula is C24H27FN2O4. The number of methoxy groups -OCH3 is 1. The van der Waals surface area contributed by atoms with E-state index in [9.17, 15) is 14.0 Å². The summed E-state index contributed by atoms with van der Waals surface area (Å²) in [7, 11) is 1.32. The van der Waals surface area contributed by atoms with Gasteiger partial charge in [0.25, 0.3) is 0 Å². The van der Waals surface area contributed by atoms with Crippen LogP contribution in [0.15, 0.2) is 36.4 Å². The Balaban J connectivity index is 1.50. The first kappa shape index (κ1) is 21.3. The molecule has 2 aliphatic heterocycles. The number of benzene rings is 2. The Labute approximate surface area is 181 Å². The second-order valence-corrected chi connectivity index (χ2v) is 8.20. The number of rotatable bonds is 6. The van der Waals surface area contributed by atoms with Crippen LogP contribution < -0.4 is 10.6 Å². The van der Waals surface area contributed by atoms with Gasteiger partial charge in [-0.1, -0.05) is 18.2 Å². The van der Waals surface area contributed by atoms with E-state index in [2.05, 4.69) is 15.4 Å². The van der Waals surface area contributed by atoms with Crippen molar-refractivity contribution in [3.05, 3.63) is 64.5 Å². The van der Waals surface area contributed by atoms with Crippen LogP contribution in [0.5, 0.6) is 0 Å². The predicted octanol–water partition coefficient (Wildman–Crippen LogP) is 3.60. The molecule has 2 heterocycles. The third-order valence-corrected chi connectivity index (χ3v) is 5.97. The van der Waals surface area contributed by atoms with Gasteiger partial charge in [-0.3, -0.25) is 9.59 Å². The first-order chi connectivity index (χ1) is 14.9. The molecule has 1 amide bonds. The van der Waals surface area contributed by atoms with Crippen molar-refractivity contribution in [2.75, 3.05) is 25.6 Å².